The van der Waals surface area contributed by atoms with E-state index in [4.69, 9.17) is 10.5 Å². The Balaban J connectivity index is 2.49. The van der Waals surface area contributed by atoms with Gasteiger partial charge in [0, 0.05) is 29.4 Å². The van der Waals surface area contributed by atoms with Crippen molar-refractivity contribution in [3.05, 3.63) is 23.3 Å². The Hall–Kier alpha value is -2.24. The number of carbonyl (C=O) groups excluding carboxylic acids is 1. The average Bonchev–Trinajstić information content (AvgIpc) is 2.46. The number of hydrogen-bond donors (Lipinski definition) is 2. The third kappa shape index (κ3) is 3.41. The van der Waals surface area contributed by atoms with Crippen LogP contribution in [-0.4, -0.2) is 31.4 Å². The number of methoxy groups -OCH3 is 1. The highest BCUT2D eigenvalue weighted by Gasteiger charge is 2.36. The van der Waals surface area contributed by atoms with Gasteiger partial charge >= 0.3 is 6.03 Å². The maximum Gasteiger partial charge on any atom is 0.332 e. The van der Waals surface area contributed by atoms with Gasteiger partial charge in [0.25, 0.3) is 0 Å². The van der Waals surface area contributed by atoms with Gasteiger partial charge in [-0.1, -0.05) is 6.92 Å². The fourth-order valence-corrected chi connectivity index (χ4v) is 3.57. The Morgan fingerprint density at radius 3 is 2.83 bits per heavy atom. The summed E-state index contributed by atoms with van der Waals surface area (Å²) in [5.41, 5.74) is 10.6. The third-order valence-electron chi connectivity index (χ3n) is 4.43. The minimum atomic E-state index is -0.689. The molecular formula is C17H26N4O2. The number of nitrogens with zero attached hydrogens (tertiary/aromatic N) is 2. The Morgan fingerprint density at radius 2 is 2.26 bits per heavy atom. The van der Waals surface area contributed by atoms with Gasteiger partial charge in [0.05, 0.1) is 13.3 Å². The predicted octanol–water partition coefficient (Wildman–Crippen LogP) is 2.81. The molecule has 0 bridgehead atoms. The van der Waals surface area contributed by atoms with Gasteiger partial charge in [-0.2, -0.15) is 5.10 Å². The van der Waals surface area contributed by atoms with Crippen LogP contribution in [0.2, 0.25) is 0 Å². The molecule has 6 heteroatoms. The van der Waals surface area contributed by atoms with Gasteiger partial charge in [0.15, 0.2) is 0 Å². The second-order valence-electron chi connectivity index (χ2n) is 6.55. The average molecular weight is 318 g/mol. The number of hydrogen-bond acceptors (Lipinski definition) is 4. The van der Waals surface area contributed by atoms with Crippen LogP contribution in [0.25, 0.3) is 0 Å². The number of ether oxygens (including phenoxy) is 1. The molecule has 0 saturated carbocycles. The van der Waals surface area contributed by atoms with Crippen molar-refractivity contribution in [2.45, 2.75) is 45.6 Å². The van der Waals surface area contributed by atoms with Gasteiger partial charge in [-0.3, -0.25) is 0 Å². The smallest absolute Gasteiger partial charge is 0.332 e. The first-order chi connectivity index (χ1) is 10.8. The number of amides is 2. The van der Waals surface area contributed by atoms with Crippen LogP contribution in [0.15, 0.2) is 17.2 Å². The van der Waals surface area contributed by atoms with Gasteiger partial charge < -0.3 is 15.4 Å². The molecule has 2 rings (SSSR count). The van der Waals surface area contributed by atoms with Crippen LogP contribution in [0.1, 0.15) is 51.2 Å². The van der Waals surface area contributed by atoms with E-state index in [1.807, 2.05) is 0 Å². The predicted molar refractivity (Wildman–Crippen MR) is 93.4 cm³/mol. The van der Waals surface area contributed by atoms with Crippen molar-refractivity contribution < 1.29 is 9.53 Å². The SMILES string of the molecule is CCN1c2cc(OC)c(/C=N\NC(N)=O)cc2C(C)CC1(C)C. The monoisotopic (exact) mass is 318 g/mol. The number of nitrogens with one attached hydrogen (secondary N) is 1. The molecule has 2 amide bonds. The lowest BCUT2D eigenvalue weighted by atomic mass is 9.79. The largest absolute Gasteiger partial charge is 0.496 e. The molecule has 1 unspecified atom stereocenters. The summed E-state index contributed by atoms with van der Waals surface area (Å²) in [4.78, 5) is 13.2. The topological polar surface area (TPSA) is 79.9 Å². The molecule has 1 aliphatic heterocycles. The Morgan fingerprint density at radius 1 is 1.57 bits per heavy atom. The number of fused-ring (bicyclic) bond motifs is 1. The van der Waals surface area contributed by atoms with Gasteiger partial charge in [-0.15, -0.1) is 0 Å². The van der Waals surface area contributed by atoms with E-state index in [1.165, 1.54) is 11.3 Å². The summed E-state index contributed by atoms with van der Waals surface area (Å²) in [5, 5.41) is 3.85. The van der Waals surface area contributed by atoms with E-state index in [9.17, 15) is 4.79 Å². The van der Waals surface area contributed by atoms with Crippen molar-refractivity contribution in [3.8, 4) is 5.75 Å². The van der Waals surface area contributed by atoms with E-state index in [-0.39, 0.29) is 5.54 Å². The minimum absolute atomic E-state index is 0.106. The molecule has 6 nitrogen and oxygen atoms in total. The van der Waals surface area contributed by atoms with E-state index in [0.717, 1.165) is 24.3 Å². The molecule has 3 N–H and O–H groups in total. The summed E-state index contributed by atoms with van der Waals surface area (Å²) >= 11 is 0. The van der Waals surface area contributed by atoms with Crippen LogP contribution in [0.3, 0.4) is 0 Å². The van der Waals surface area contributed by atoms with Crippen LogP contribution in [0.5, 0.6) is 5.75 Å². The van der Waals surface area contributed by atoms with Crippen molar-refractivity contribution in [3.63, 3.8) is 0 Å². The molecule has 1 atom stereocenters. The zero-order valence-electron chi connectivity index (χ0n) is 14.5. The van der Waals surface area contributed by atoms with E-state index in [2.05, 4.69) is 55.3 Å². The third-order valence-corrected chi connectivity index (χ3v) is 4.43. The molecule has 23 heavy (non-hydrogen) atoms. The van der Waals surface area contributed by atoms with Crippen molar-refractivity contribution in [1.82, 2.24) is 5.43 Å². The number of carbonyl (C=O) groups is 1. The lowest BCUT2D eigenvalue weighted by molar-refractivity contribution is 0.249. The summed E-state index contributed by atoms with van der Waals surface area (Å²) in [6.45, 7) is 9.89. The Labute approximate surface area is 137 Å². The number of benzene rings is 1. The van der Waals surface area contributed by atoms with Crippen molar-refractivity contribution in [1.29, 1.82) is 0 Å². The number of rotatable bonds is 4. The summed E-state index contributed by atoms with van der Waals surface area (Å²) in [6, 6.07) is 3.45. The van der Waals surface area contributed by atoms with Gasteiger partial charge in [-0.25, -0.2) is 10.2 Å². The molecule has 0 spiro atoms. The van der Waals surface area contributed by atoms with Crippen LogP contribution < -0.4 is 20.8 Å². The van der Waals surface area contributed by atoms with Crippen LogP contribution in [-0.2, 0) is 0 Å². The summed E-state index contributed by atoms with van der Waals surface area (Å²) in [6.07, 6.45) is 2.64. The van der Waals surface area contributed by atoms with Crippen molar-refractivity contribution in [2.75, 3.05) is 18.6 Å². The van der Waals surface area contributed by atoms with E-state index < -0.39 is 6.03 Å². The highest BCUT2D eigenvalue weighted by atomic mass is 16.5. The standard InChI is InChI=1S/C17H26N4O2/c1-6-21-14-8-15(23-5)12(10-19-20-16(18)22)7-13(14)11(2)9-17(21,3)4/h7-8,10-11H,6,9H2,1-5H3,(H3,18,20,22)/b19-10-. The summed E-state index contributed by atoms with van der Waals surface area (Å²) in [5.74, 6) is 1.16. The molecule has 1 aliphatic rings. The number of nitrogens with two attached hydrogens (primary N) is 1. The zero-order valence-corrected chi connectivity index (χ0v) is 14.5. The van der Waals surface area contributed by atoms with Gasteiger partial charge in [0.2, 0.25) is 0 Å². The molecule has 1 aromatic carbocycles. The molecule has 0 aliphatic carbocycles. The Kier molecular flexibility index (Phi) is 4.82. The second kappa shape index (κ2) is 6.48. The second-order valence-corrected chi connectivity index (χ2v) is 6.55. The highest BCUT2D eigenvalue weighted by molar-refractivity contribution is 5.87. The van der Waals surface area contributed by atoms with E-state index in [1.54, 1.807) is 13.3 Å². The molecule has 126 valence electrons. The normalized spacial score (nSPS) is 19.5. The maximum absolute atomic E-state index is 10.7. The molecule has 1 aromatic rings. The quantitative estimate of drug-likeness (QED) is 0.662. The minimum Gasteiger partial charge on any atom is -0.496 e. The maximum atomic E-state index is 10.7. The molecule has 0 aromatic heterocycles. The van der Waals surface area contributed by atoms with Crippen molar-refractivity contribution >= 4 is 17.9 Å². The fourth-order valence-electron chi connectivity index (χ4n) is 3.57. The molecule has 0 radical (unpaired) electrons. The van der Waals surface area contributed by atoms with E-state index >= 15 is 0 Å². The molecule has 0 fully saturated rings. The first-order valence-electron chi connectivity index (χ1n) is 7.88. The first kappa shape index (κ1) is 17.1. The van der Waals surface area contributed by atoms with Crippen molar-refractivity contribution in [2.24, 2.45) is 10.8 Å². The fraction of sp³-hybridized carbons (Fsp3) is 0.529. The Bertz CT molecular complexity index is 625. The molecular weight excluding hydrogens is 292 g/mol. The number of primary amides is 1. The summed E-state index contributed by atoms with van der Waals surface area (Å²) < 4.78 is 5.50. The van der Waals surface area contributed by atoms with Crippen LogP contribution in [0, 0.1) is 0 Å². The number of urea groups is 1. The van der Waals surface area contributed by atoms with Crippen LogP contribution >= 0.6 is 0 Å². The van der Waals surface area contributed by atoms with Gasteiger partial charge in [-0.05, 0) is 44.7 Å². The highest BCUT2D eigenvalue weighted by Crippen LogP contribution is 2.45. The number of anilines is 1. The zero-order chi connectivity index (χ0) is 17.2. The number of hydrazone groups is 1. The van der Waals surface area contributed by atoms with Gasteiger partial charge in [0.1, 0.15) is 5.75 Å². The molecule has 0 saturated heterocycles. The lowest BCUT2D eigenvalue weighted by Gasteiger charge is -2.47. The first-order valence-corrected chi connectivity index (χ1v) is 7.88. The summed E-state index contributed by atoms with van der Waals surface area (Å²) in [7, 11) is 1.63. The lowest BCUT2D eigenvalue weighted by Crippen LogP contribution is -2.48. The van der Waals surface area contributed by atoms with Crippen LogP contribution in [0.4, 0.5) is 10.5 Å². The molecule has 1 heterocycles. The van der Waals surface area contributed by atoms with E-state index in [0.29, 0.717) is 5.92 Å².